The number of amides is 1. The van der Waals surface area contributed by atoms with Gasteiger partial charge in [-0.05, 0) is 18.6 Å². The topological polar surface area (TPSA) is 44.4 Å². The second-order valence-corrected chi connectivity index (χ2v) is 4.39. The molecule has 1 heterocycles. The van der Waals surface area contributed by atoms with Crippen molar-refractivity contribution < 1.29 is 4.79 Å². The fourth-order valence-electron chi connectivity index (χ4n) is 1.98. The van der Waals surface area contributed by atoms with Gasteiger partial charge in [0.2, 0.25) is 5.91 Å². The fraction of sp³-hybridized carbons (Fsp3) is 0.462. The molecule has 0 aliphatic carbocycles. The summed E-state index contributed by atoms with van der Waals surface area (Å²) in [7, 11) is 0. The zero-order chi connectivity index (χ0) is 12.1. The van der Waals surface area contributed by atoms with Gasteiger partial charge in [0.25, 0.3) is 0 Å². The monoisotopic (exact) mass is 305 g/mol. The first-order valence-electron chi connectivity index (χ1n) is 6.04. The van der Waals surface area contributed by atoms with E-state index in [9.17, 15) is 4.79 Å². The SMILES string of the molecule is Cc1ccccc1NC(=O)CN1CCNCC1.Cl.Cl. The summed E-state index contributed by atoms with van der Waals surface area (Å²) in [5.41, 5.74) is 2.01. The van der Waals surface area contributed by atoms with Crippen LogP contribution < -0.4 is 10.6 Å². The van der Waals surface area contributed by atoms with Crippen molar-refractivity contribution >= 4 is 36.4 Å². The van der Waals surface area contributed by atoms with Gasteiger partial charge < -0.3 is 10.6 Å². The summed E-state index contributed by atoms with van der Waals surface area (Å²) in [4.78, 5) is 14.0. The zero-order valence-electron chi connectivity index (χ0n) is 11.0. The number of anilines is 1. The van der Waals surface area contributed by atoms with Crippen molar-refractivity contribution in [2.24, 2.45) is 0 Å². The smallest absolute Gasteiger partial charge is 0.238 e. The molecule has 1 aromatic carbocycles. The molecule has 2 N–H and O–H groups in total. The van der Waals surface area contributed by atoms with Gasteiger partial charge in [0.05, 0.1) is 6.54 Å². The van der Waals surface area contributed by atoms with Crippen LogP contribution in [0.5, 0.6) is 0 Å². The number of nitrogens with one attached hydrogen (secondary N) is 2. The first-order valence-corrected chi connectivity index (χ1v) is 6.04. The summed E-state index contributed by atoms with van der Waals surface area (Å²) in [6, 6.07) is 7.85. The average molecular weight is 306 g/mol. The Hall–Kier alpha value is -0.810. The minimum Gasteiger partial charge on any atom is -0.325 e. The highest BCUT2D eigenvalue weighted by Crippen LogP contribution is 2.12. The van der Waals surface area contributed by atoms with Crippen molar-refractivity contribution in [2.45, 2.75) is 6.92 Å². The molecule has 108 valence electrons. The summed E-state index contributed by atoms with van der Waals surface area (Å²) in [6.07, 6.45) is 0. The van der Waals surface area contributed by atoms with Crippen LogP contribution >= 0.6 is 24.8 Å². The molecule has 0 aromatic heterocycles. The number of para-hydroxylation sites is 1. The van der Waals surface area contributed by atoms with Gasteiger partial charge in [-0.15, -0.1) is 24.8 Å². The molecule has 0 unspecified atom stereocenters. The standard InChI is InChI=1S/C13H19N3O.2ClH/c1-11-4-2-3-5-12(11)15-13(17)10-16-8-6-14-7-9-16;;/h2-5,14H,6-10H2,1H3,(H,15,17);2*1H. The third-order valence-electron chi connectivity index (χ3n) is 3.00. The molecule has 1 aliphatic rings. The van der Waals surface area contributed by atoms with E-state index in [4.69, 9.17) is 0 Å². The lowest BCUT2D eigenvalue weighted by Crippen LogP contribution is -2.46. The maximum absolute atomic E-state index is 11.9. The molecule has 1 amide bonds. The van der Waals surface area contributed by atoms with Crippen LogP contribution in [0.3, 0.4) is 0 Å². The second-order valence-electron chi connectivity index (χ2n) is 4.39. The first-order chi connectivity index (χ1) is 8.25. The molecule has 0 saturated carbocycles. The molecule has 1 aromatic rings. The van der Waals surface area contributed by atoms with Crippen molar-refractivity contribution in [3.63, 3.8) is 0 Å². The van der Waals surface area contributed by atoms with Crippen LogP contribution in [-0.2, 0) is 4.79 Å². The molecule has 1 saturated heterocycles. The second kappa shape index (κ2) is 9.15. The third-order valence-corrected chi connectivity index (χ3v) is 3.00. The number of benzene rings is 1. The maximum Gasteiger partial charge on any atom is 0.238 e. The lowest BCUT2D eigenvalue weighted by molar-refractivity contribution is -0.117. The summed E-state index contributed by atoms with van der Waals surface area (Å²) < 4.78 is 0. The van der Waals surface area contributed by atoms with Gasteiger partial charge in [0.1, 0.15) is 0 Å². The fourth-order valence-corrected chi connectivity index (χ4v) is 1.98. The van der Waals surface area contributed by atoms with E-state index < -0.39 is 0 Å². The molecular weight excluding hydrogens is 285 g/mol. The van der Waals surface area contributed by atoms with E-state index in [0.717, 1.165) is 37.4 Å². The van der Waals surface area contributed by atoms with Crippen LogP contribution in [0.2, 0.25) is 0 Å². The number of hydrogen-bond donors (Lipinski definition) is 2. The third kappa shape index (κ3) is 5.78. The highest BCUT2D eigenvalue weighted by molar-refractivity contribution is 5.92. The zero-order valence-corrected chi connectivity index (χ0v) is 12.6. The quantitative estimate of drug-likeness (QED) is 0.893. The Labute approximate surface area is 126 Å². The van der Waals surface area contributed by atoms with E-state index >= 15 is 0 Å². The van der Waals surface area contributed by atoms with Crippen LogP contribution in [0.25, 0.3) is 0 Å². The molecule has 0 bridgehead atoms. The van der Waals surface area contributed by atoms with E-state index in [0.29, 0.717) is 6.54 Å². The molecule has 4 nitrogen and oxygen atoms in total. The first kappa shape index (κ1) is 18.2. The molecule has 6 heteroatoms. The van der Waals surface area contributed by atoms with Gasteiger partial charge in [0, 0.05) is 31.9 Å². The lowest BCUT2D eigenvalue weighted by Gasteiger charge is -2.26. The normalized spacial score (nSPS) is 15.0. The Morgan fingerprint density at radius 3 is 2.53 bits per heavy atom. The largest absolute Gasteiger partial charge is 0.325 e. The summed E-state index contributed by atoms with van der Waals surface area (Å²) in [5.74, 6) is 0.0706. The number of piperazine rings is 1. The Bertz CT molecular complexity index is 395. The molecule has 2 rings (SSSR count). The van der Waals surface area contributed by atoms with Crippen LogP contribution in [0.1, 0.15) is 5.56 Å². The Balaban J connectivity index is 0.00000162. The lowest BCUT2D eigenvalue weighted by atomic mass is 10.2. The van der Waals surface area contributed by atoms with Gasteiger partial charge in [0.15, 0.2) is 0 Å². The Morgan fingerprint density at radius 1 is 1.26 bits per heavy atom. The summed E-state index contributed by atoms with van der Waals surface area (Å²) in [6.45, 7) is 6.31. The van der Waals surface area contributed by atoms with Gasteiger partial charge in [-0.25, -0.2) is 0 Å². The van der Waals surface area contributed by atoms with Gasteiger partial charge in [-0.2, -0.15) is 0 Å². The maximum atomic E-state index is 11.9. The van der Waals surface area contributed by atoms with E-state index in [2.05, 4.69) is 15.5 Å². The van der Waals surface area contributed by atoms with Crippen LogP contribution in [0.4, 0.5) is 5.69 Å². The molecule has 0 atom stereocenters. The van der Waals surface area contributed by atoms with Crippen molar-refractivity contribution in [2.75, 3.05) is 38.0 Å². The number of carbonyl (C=O) groups is 1. The van der Waals surface area contributed by atoms with Crippen molar-refractivity contribution in [3.8, 4) is 0 Å². The summed E-state index contributed by atoms with van der Waals surface area (Å²) in [5, 5.41) is 6.23. The van der Waals surface area contributed by atoms with Crippen molar-refractivity contribution in [1.29, 1.82) is 0 Å². The van der Waals surface area contributed by atoms with Gasteiger partial charge in [-0.1, -0.05) is 18.2 Å². The number of aryl methyl sites for hydroxylation is 1. The van der Waals surface area contributed by atoms with E-state index in [1.54, 1.807) is 0 Å². The molecule has 0 spiro atoms. The van der Waals surface area contributed by atoms with E-state index in [1.807, 2.05) is 31.2 Å². The van der Waals surface area contributed by atoms with Crippen LogP contribution in [0, 0.1) is 6.92 Å². The van der Waals surface area contributed by atoms with Crippen molar-refractivity contribution in [3.05, 3.63) is 29.8 Å². The number of carbonyl (C=O) groups excluding carboxylic acids is 1. The Kier molecular flexibility index (Phi) is 8.76. The number of rotatable bonds is 3. The van der Waals surface area contributed by atoms with Crippen molar-refractivity contribution in [1.82, 2.24) is 10.2 Å². The minimum absolute atomic E-state index is 0. The minimum atomic E-state index is 0. The van der Waals surface area contributed by atoms with E-state index in [-0.39, 0.29) is 30.7 Å². The average Bonchev–Trinajstić information content (AvgIpc) is 2.33. The number of halogens is 2. The van der Waals surface area contributed by atoms with Gasteiger partial charge >= 0.3 is 0 Å². The van der Waals surface area contributed by atoms with E-state index in [1.165, 1.54) is 0 Å². The summed E-state index contributed by atoms with van der Waals surface area (Å²) >= 11 is 0. The molecule has 1 fully saturated rings. The predicted molar refractivity (Wildman–Crippen MR) is 83.6 cm³/mol. The highest BCUT2D eigenvalue weighted by Gasteiger charge is 2.13. The number of nitrogens with zero attached hydrogens (tertiary/aromatic N) is 1. The van der Waals surface area contributed by atoms with Crippen LogP contribution in [-0.4, -0.2) is 43.5 Å². The van der Waals surface area contributed by atoms with Crippen LogP contribution in [0.15, 0.2) is 24.3 Å². The van der Waals surface area contributed by atoms with Gasteiger partial charge in [-0.3, -0.25) is 9.69 Å². The highest BCUT2D eigenvalue weighted by atomic mass is 35.5. The molecule has 0 radical (unpaired) electrons. The molecule has 19 heavy (non-hydrogen) atoms. The molecule has 1 aliphatic heterocycles. The Morgan fingerprint density at radius 2 is 1.89 bits per heavy atom. The molecular formula is C13H21Cl2N3O. The predicted octanol–water partition coefficient (Wildman–Crippen LogP) is 1.68. The number of hydrogen-bond acceptors (Lipinski definition) is 3.